The average Bonchev–Trinajstić information content (AvgIpc) is 3.31. The zero-order valence-corrected chi connectivity index (χ0v) is 14.3. The lowest BCUT2D eigenvalue weighted by Crippen LogP contribution is -2.14. The summed E-state index contributed by atoms with van der Waals surface area (Å²) in [5.41, 5.74) is 2.13. The van der Waals surface area contributed by atoms with Crippen molar-refractivity contribution in [1.82, 2.24) is 15.2 Å². The van der Waals surface area contributed by atoms with Gasteiger partial charge in [-0.2, -0.15) is 0 Å². The van der Waals surface area contributed by atoms with Crippen LogP contribution in [0, 0.1) is 0 Å². The molecule has 1 aromatic heterocycles. The molecule has 3 rings (SSSR count). The van der Waals surface area contributed by atoms with Crippen LogP contribution in [0.4, 0.5) is 5.69 Å². The first-order valence-electron chi connectivity index (χ1n) is 8.10. The van der Waals surface area contributed by atoms with Gasteiger partial charge in [-0.25, -0.2) is 4.98 Å². The van der Waals surface area contributed by atoms with Crippen molar-refractivity contribution in [1.29, 1.82) is 0 Å². The maximum atomic E-state index is 12.0. The first-order valence-corrected chi connectivity index (χ1v) is 9.09. The largest absolute Gasteiger partial charge is 0.325 e. The van der Waals surface area contributed by atoms with E-state index in [4.69, 9.17) is 0 Å². The molecular formula is C17H22N4OS. The van der Waals surface area contributed by atoms with E-state index in [-0.39, 0.29) is 5.91 Å². The third kappa shape index (κ3) is 4.34. The van der Waals surface area contributed by atoms with Crippen LogP contribution in [0.3, 0.4) is 0 Å². The third-order valence-electron chi connectivity index (χ3n) is 4.15. The smallest absolute Gasteiger partial charge is 0.234 e. The highest BCUT2D eigenvalue weighted by Gasteiger charge is 2.27. The number of H-pyrrole nitrogens is 1. The van der Waals surface area contributed by atoms with E-state index in [9.17, 15) is 4.79 Å². The third-order valence-corrected chi connectivity index (χ3v) is 5.00. The van der Waals surface area contributed by atoms with Crippen molar-refractivity contribution < 1.29 is 4.79 Å². The van der Waals surface area contributed by atoms with Gasteiger partial charge in [0.2, 0.25) is 11.1 Å². The van der Waals surface area contributed by atoms with Crippen LogP contribution in [-0.4, -0.2) is 26.8 Å². The summed E-state index contributed by atoms with van der Waals surface area (Å²) in [5.74, 6) is 2.32. The Morgan fingerprint density at radius 1 is 1.39 bits per heavy atom. The Morgan fingerprint density at radius 3 is 2.78 bits per heavy atom. The number of aromatic amines is 1. The van der Waals surface area contributed by atoms with E-state index in [0.717, 1.165) is 17.9 Å². The monoisotopic (exact) mass is 330 g/mol. The zero-order chi connectivity index (χ0) is 16.2. The Labute approximate surface area is 140 Å². The van der Waals surface area contributed by atoms with E-state index in [2.05, 4.69) is 46.5 Å². The van der Waals surface area contributed by atoms with Gasteiger partial charge in [0.1, 0.15) is 5.82 Å². The molecule has 0 aliphatic heterocycles. The van der Waals surface area contributed by atoms with Crippen LogP contribution in [0.5, 0.6) is 0 Å². The number of rotatable bonds is 7. The Bertz CT molecular complexity index is 663. The number of hydrogen-bond donors (Lipinski definition) is 2. The molecule has 0 saturated heterocycles. The van der Waals surface area contributed by atoms with E-state index in [1.165, 1.54) is 30.2 Å². The second-order valence-electron chi connectivity index (χ2n) is 6.05. The number of anilines is 1. The Balaban J connectivity index is 1.48. The Kier molecular flexibility index (Phi) is 5.00. The van der Waals surface area contributed by atoms with Gasteiger partial charge in [0.15, 0.2) is 0 Å². The van der Waals surface area contributed by atoms with Gasteiger partial charge in [0.25, 0.3) is 0 Å². The van der Waals surface area contributed by atoms with Crippen molar-refractivity contribution in [2.24, 2.45) is 0 Å². The van der Waals surface area contributed by atoms with Gasteiger partial charge in [0.05, 0.1) is 5.75 Å². The maximum absolute atomic E-state index is 12.0. The van der Waals surface area contributed by atoms with Crippen LogP contribution < -0.4 is 5.32 Å². The number of benzene rings is 1. The maximum Gasteiger partial charge on any atom is 0.234 e. The fourth-order valence-corrected chi connectivity index (χ4v) is 2.93. The highest BCUT2D eigenvalue weighted by molar-refractivity contribution is 7.99. The number of hydrogen-bond acceptors (Lipinski definition) is 4. The number of carbonyl (C=O) groups excluding carboxylic acids is 1. The highest BCUT2D eigenvalue weighted by atomic mass is 32.2. The van der Waals surface area contributed by atoms with Crippen LogP contribution >= 0.6 is 11.8 Å². The minimum absolute atomic E-state index is 0.0379. The van der Waals surface area contributed by atoms with E-state index >= 15 is 0 Å². The predicted octanol–water partition coefficient (Wildman–Crippen LogP) is 3.93. The number of nitrogens with one attached hydrogen (secondary N) is 2. The Morgan fingerprint density at radius 2 is 2.13 bits per heavy atom. The van der Waals surface area contributed by atoms with Crippen LogP contribution in [0.2, 0.25) is 0 Å². The summed E-state index contributed by atoms with van der Waals surface area (Å²) in [6.45, 7) is 4.38. The zero-order valence-electron chi connectivity index (χ0n) is 13.5. The molecule has 122 valence electrons. The summed E-state index contributed by atoms with van der Waals surface area (Å²) in [6.07, 6.45) is 3.49. The van der Waals surface area contributed by atoms with Gasteiger partial charge < -0.3 is 5.32 Å². The van der Waals surface area contributed by atoms with Gasteiger partial charge in [-0.3, -0.25) is 9.89 Å². The molecule has 1 heterocycles. The van der Waals surface area contributed by atoms with Gasteiger partial charge >= 0.3 is 0 Å². The summed E-state index contributed by atoms with van der Waals surface area (Å²) in [6, 6.07) is 8.08. The molecule has 0 spiro atoms. The highest BCUT2D eigenvalue weighted by Crippen LogP contribution is 2.38. The average molecular weight is 330 g/mol. The fourth-order valence-electron chi connectivity index (χ4n) is 2.32. The molecule has 0 bridgehead atoms. The molecular weight excluding hydrogens is 308 g/mol. The van der Waals surface area contributed by atoms with Gasteiger partial charge in [-0.05, 0) is 42.9 Å². The molecule has 1 aliphatic carbocycles. The molecule has 23 heavy (non-hydrogen) atoms. The van der Waals surface area contributed by atoms with Crippen LogP contribution in [0.1, 0.15) is 56.3 Å². The van der Waals surface area contributed by atoms with Crippen molar-refractivity contribution in [2.75, 3.05) is 11.1 Å². The molecule has 1 aliphatic rings. The summed E-state index contributed by atoms with van der Waals surface area (Å²) in [7, 11) is 0. The molecule has 1 amide bonds. The quantitative estimate of drug-likeness (QED) is 0.755. The number of nitrogens with zero attached hydrogens (tertiary/aromatic N) is 2. The molecule has 0 radical (unpaired) electrons. The summed E-state index contributed by atoms with van der Waals surface area (Å²) in [4.78, 5) is 16.4. The predicted molar refractivity (Wildman–Crippen MR) is 92.9 cm³/mol. The molecule has 5 nitrogen and oxygen atoms in total. The second-order valence-corrected chi connectivity index (χ2v) is 6.99. The molecule has 1 saturated carbocycles. The van der Waals surface area contributed by atoms with Crippen molar-refractivity contribution in [3.8, 4) is 0 Å². The molecule has 1 aromatic carbocycles. The lowest BCUT2D eigenvalue weighted by atomic mass is 9.99. The standard InChI is InChI=1S/C17H22N4OS/c1-3-11(2)12-6-8-14(9-7-12)18-15(22)10-23-17-19-16(20-21-17)13-4-5-13/h6-9,11,13H,3-5,10H2,1-2H3,(H,18,22)(H,19,20,21). The van der Waals surface area contributed by atoms with Crippen LogP contribution in [-0.2, 0) is 4.79 Å². The molecule has 1 unspecified atom stereocenters. The van der Waals surface area contributed by atoms with Gasteiger partial charge in [-0.1, -0.05) is 37.7 Å². The number of amides is 1. The molecule has 6 heteroatoms. The second kappa shape index (κ2) is 7.17. The van der Waals surface area contributed by atoms with Crippen molar-refractivity contribution in [2.45, 2.75) is 50.1 Å². The molecule has 2 aromatic rings. The Hall–Kier alpha value is -1.82. The normalized spacial score (nSPS) is 15.4. The van der Waals surface area contributed by atoms with Gasteiger partial charge in [0, 0.05) is 11.6 Å². The van der Waals surface area contributed by atoms with Crippen molar-refractivity contribution in [3.63, 3.8) is 0 Å². The first-order chi connectivity index (χ1) is 11.2. The summed E-state index contributed by atoms with van der Waals surface area (Å²) in [5, 5.41) is 10.7. The minimum Gasteiger partial charge on any atom is -0.325 e. The lowest BCUT2D eigenvalue weighted by molar-refractivity contribution is -0.113. The van der Waals surface area contributed by atoms with Crippen molar-refractivity contribution >= 4 is 23.4 Å². The number of thioether (sulfide) groups is 1. The fraction of sp³-hybridized carbons (Fsp3) is 0.471. The molecule has 2 N–H and O–H groups in total. The molecule has 1 fully saturated rings. The van der Waals surface area contributed by atoms with E-state index in [1.807, 2.05) is 12.1 Å². The molecule has 1 atom stereocenters. The minimum atomic E-state index is -0.0379. The lowest BCUT2D eigenvalue weighted by Gasteiger charge is -2.10. The summed E-state index contributed by atoms with van der Waals surface area (Å²) < 4.78 is 0. The van der Waals surface area contributed by atoms with Crippen molar-refractivity contribution in [3.05, 3.63) is 35.7 Å². The van der Waals surface area contributed by atoms with Gasteiger partial charge in [-0.15, -0.1) is 5.10 Å². The number of carbonyl (C=O) groups is 1. The van der Waals surface area contributed by atoms with E-state index in [0.29, 0.717) is 22.7 Å². The van der Waals surface area contributed by atoms with Crippen LogP contribution in [0.25, 0.3) is 0 Å². The van der Waals surface area contributed by atoms with E-state index in [1.54, 1.807) is 0 Å². The van der Waals surface area contributed by atoms with Crippen LogP contribution in [0.15, 0.2) is 29.4 Å². The number of aromatic nitrogens is 3. The van der Waals surface area contributed by atoms with E-state index < -0.39 is 0 Å². The topological polar surface area (TPSA) is 70.7 Å². The summed E-state index contributed by atoms with van der Waals surface area (Å²) >= 11 is 1.36. The first kappa shape index (κ1) is 16.1. The SMILES string of the molecule is CCC(C)c1ccc(NC(=O)CSc2n[nH]c(C3CC3)n2)cc1.